The highest BCUT2D eigenvalue weighted by atomic mass is 32.1. The van der Waals surface area contributed by atoms with Gasteiger partial charge < -0.3 is 9.84 Å². The summed E-state index contributed by atoms with van der Waals surface area (Å²) in [5.74, 6) is 0. The Labute approximate surface area is 92.3 Å². The second-order valence-corrected chi connectivity index (χ2v) is 4.47. The summed E-state index contributed by atoms with van der Waals surface area (Å²) in [6.07, 6.45) is 0. The molecule has 15 heavy (non-hydrogen) atoms. The van der Waals surface area contributed by atoms with E-state index in [2.05, 4.69) is 30.1 Å². The van der Waals surface area contributed by atoms with Crippen molar-refractivity contribution in [2.24, 2.45) is 0 Å². The van der Waals surface area contributed by atoms with Crippen LogP contribution in [0, 0.1) is 6.92 Å². The fraction of sp³-hybridized carbons (Fsp3) is 0.364. The number of aliphatic hydroxyl groups is 1. The molecule has 0 saturated heterocycles. The maximum atomic E-state index is 8.58. The summed E-state index contributed by atoms with van der Waals surface area (Å²) < 4.78 is 6.41. The Kier molecular flexibility index (Phi) is 3.30. The van der Waals surface area contributed by atoms with Crippen molar-refractivity contribution in [2.45, 2.75) is 13.5 Å². The van der Waals surface area contributed by atoms with Crippen LogP contribution in [0.4, 0.5) is 0 Å². The summed E-state index contributed by atoms with van der Waals surface area (Å²) in [5, 5.41) is 9.54. The standard InChI is InChI=1S/C11H13NO2S/c1-8-2-3-10-9(6-8)12-11(15-10)7-14-5-4-13/h2-3,6,13H,4-5,7H2,1H3. The molecule has 0 fully saturated rings. The topological polar surface area (TPSA) is 42.4 Å². The number of benzene rings is 1. The average Bonchev–Trinajstić information content (AvgIpc) is 2.60. The van der Waals surface area contributed by atoms with Crippen LogP contribution in [0.3, 0.4) is 0 Å². The van der Waals surface area contributed by atoms with Gasteiger partial charge in [-0.05, 0) is 24.6 Å². The van der Waals surface area contributed by atoms with E-state index >= 15 is 0 Å². The first-order valence-electron chi connectivity index (χ1n) is 4.84. The molecule has 1 aromatic heterocycles. The predicted octanol–water partition coefficient (Wildman–Crippen LogP) is 2.11. The number of aliphatic hydroxyl groups excluding tert-OH is 1. The van der Waals surface area contributed by atoms with E-state index in [1.54, 1.807) is 11.3 Å². The average molecular weight is 223 g/mol. The lowest BCUT2D eigenvalue weighted by molar-refractivity contribution is 0.0815. The minimum Gasteiger partial charge on any atom is -0.394 e. The molecule has 1 aromatic carbocycles. The number of ether oxygens (including phenoxy) is 1. The summed E-state index contributed by atoms with van der Waals surface area (Å²) in [6, 6.07) is 6.23. The van der Waals surface area contributed by atoms with Gasteiger partial charge in [0.15, 0.2) is 0 Å². The van der Waals surface area contributed by atoms with E-state index in [1.165, 1.54) is 10.3 Å². The van der Waals surface area contributed by atoms with E-state index in [9.17, 15) is 0 Å². The second kappa shape index (κ2) is 4.70. The van der Waals surface area contributed by atoms with Gasteiger partial charge in [0.25, 0.3) is 0 Å². The number of rotatable bonds is 4. The van der Waals surface area contributed by atoms with Crippen molar-refractivity contribution in [3.05, 3.63) is 28.8 Å². The fourth-order valence-corrected chi connectivity index (χ4v) is 2.26. The Balaban J connectivity index is 2.16. The van der Waals surface area contributed by atoms with E-state index in [-0.39, 0.29) is 6.61 Å². The van der Waals surface area contributed by atoms with Crippen LogP contribution in [0.15, 0.2) is 18.2 Å². The Morgan fingerprint density at radius 3 is 3.13 bits per heavy atom. The lowest BCUT2D eigenvalue weighted by atomic mass is 10.2. The third-order valence-corrected chi connectivity index (χ3v) is 3.06. The highest BCUT2D eigenvalue weighted by Gasteiger charge is 2.03. The first-order valence-corrected chi connectivity index (χ1v) is 5.66. The van der Waals surface area contributed by atoms with Gasteiger partial charge in [0, 0.05) is 0 Å². The van der Waals surface area contributed by atoms with Crippen molar-refractivity contribution >= 4 is 21.6 Å². The maximum absolute atomic E-state index is 8.58. The first-order chi connectivity index (χ1) is 7.29. The van der Waals surface area contributed by atoms with Gasteiger partial charge >= 0.3 is 0 Å². The molecule has 80 valence electrons. The van der Waals surface area contributed by atoms with Gasteiger partial charge in [0.2, 0.25) is 0 Å². The quantitative estimate of drug-likeness (QED) is 0.807. The van der Waals surface area contributed by atoms with E-state index < -0.39 is 0 Å². The molecule has 0 aliphatic heterocycles. The van der Waals surface area contributed by atoms with Gasteiger partial charge in [-0.3, -0.25) is 0 Å². The number of thiazole rings is 1. The van der Waals surface area contributed by atoms with Gasteiger partial charge in [-0.25, -0.2) is 4.98 Å². The predicted molar refractivity (Wildman–Crippen MR) is 61.1 cm³/mol. The number of fused-ring (bicyclic) bond motifs is 1. The van der Waals surface area contributed by atoms with E-state index in [0.717, 1.165) is 10.5 Å². The third-order valence-electron chi connectivity index (χ3n) is 2.05. The van der Waals surface area contributed by atoms with E-state index in [0.29, 0.717) is 13.2 Å². The molecule has 3 nitrogen and oxygen atoms in total. The zero-order chi connectivity index (χ0) is 10.7. The number of hydrogen-bond donors (Lipinski definition) is 1. The van der Waals surface area contributed by atoms with Crippen LogP contribution in [0.5, 0.6) is 0 Å². The number of aromatic nitrogens is 1. The van der Waals surface area contributed by atoms with E-state index in [4.69, 9.17) is 9.84 Å². The van der Waals surface area contributed by atoms with Gasteiger partial charge in [-0.1, -0.05) is 6.07 Å². The molecule has 0 amide bonds. The molecule has 2 aromatic rings. The van der Waals surface area contributed by atoms with Gasteiger partial charge in [0.05, 0.1) is 30.0 Å². The van der Waals surface area contributed by atoms with Crippen molar-refractivity contribution in [1.29, 1.82) is 0 Å². The lowest BCUT2D eigenvalue weighted by Crippen LogP contribution is -1.98. The smallest absolute Gasteiger partial charge is 0.120 e. The van der Waals surface area contributed by atoms with Crippen LogP contribution in [0.1, 0.15) is 10.6 Å². The molecule has 0 atom stereocenters. The summed E-state index contributed by atoms with van der Waals surface area (Å²) in [6.45, 7) is 2.97. The van der Waals surface area contributed by atoms with Crippen LogP contribution in [-0.2, 0) is 11.3 Å². The summed E-state index contributed by atoms with van der Waals surface area (Å²) in [7, 11) is 0. The van der Waals surface area contributed by atoms with Gasteiger partial charge in [0.1, 0.15) is 5.01 Å². The highest BCUT2D eigenvalue weighted by molar-refractivity contribution is 7.18. The molecule has 4 heteroatoms. The number of aryl methyl sites for hydroxylation is 1. The van der Waals surface area contributed by atoms with Crippen molar-refractivity contribution in [3.8, 4) is 0 Å². The molecule has 0 spiro atoms. The Morgan fingerprint density at radius 1 is 1.47 bits per heavy atom. The molecule has 0 saturated carbocycles. The third kappa shape index (κ3) is 2.53. The molecule has 1 N–H and O–H groups in total. The van der Waals surface area contributed by atoms with Crippen LogP contribution in [-0.4, -0.2) is 23.3 Å². The van der Waals surface area contributed by atoms with Crippen LogP contribution in [0.25, 0.3) is 10.2 Å². The van der Waals surface area contributed by atoms with Crippen LogP contribution < -0.4 is 0 Å². The van der Waals surface area contributed by atoms with Gasteiger partial charge in [-0.15, -0.1) is 11.3 Å². The lowest BCUT2D eigenvalue weighted by Gasteiger charge is -1.96. The minimum atomic E-state index is 0.0595. The maximum Gasteiger partial charge on any atom is 0.120 e. The van der Waals surface area contributed by atoms with E-state index in [1.807, 2.05) is 0 Å². The molecule has 0 radical (unpaired) electrons. The Morgan fingerprint density at radius 2 is 2.33 bits per heavy atom. The molecule has 0 aliphatic carbocycles. The fourth-order valence-electron chi connectivity index (χ4n) is 1.37. The SMILES string of the molecule is Cc1ccc2sc(COCCO)nc2c1. The normalized spacial score (nSPS) is 11.1. The van der Waals surface area contributed by atoms with Crippen molar-refractivity contribution in [1.82, 2.24) is 4.98 Å². The Hall–Kier alpha value is -0.970. The van der Waals surface area contributed by atoms with Gasteiger partial charge in [-0.2, -0.15) is 0 Å². The largest absolute Gasteiger partial charge is 0.394 e. The first kappa shape index (κ1) is 10.5. The molecule has 1 heterocycles. The highest BCUT2D eigenvalue weighted by Crippen LogP contribution is 2.23. The molecule has 2 rings (SSSR count). The summed E-state index contributed by atoms with van der Waals surface area (Å²) in [4.78, 5) is 4.46. The van der Waals surface area contributed by atoms with Crippen LogP contribution in [0.2, 0.25) is 0 Å². The van der Waals surface area contributed by atoms with Crippen molar-refractivity contribution < 1.29 is 9.84 Å². The monoisotopic (exact) mass is 223 g/mol. The number of hydrogen-bond acceptors (Lipinski definition) is 4. The van der Waals surface area contributed by atoms with Crippen molar-refractivity contribution in [3.63, 3.8) is 0 Å². The molecule has 0 bridgehead atoms. The molecule has 0 aliphatic rings. The molecule has 0 unspecified atom stereocenters. The molecular weight excluding hydrogens is 210 g/mol. The Bertz CT molecular complexity index is 453. The van der Waals surface area contributed by atoms with Crippen LogP contribution >= 0.6 is 11.3 Å². The summed E-state index contributed by atoms with van der Waals surface area (Å²) >= 11 is 1.64. The minimum absolute atomic E-state index is 0.0595. The van der Waals surface area contributed by atoms with Crippen molar-refractivity contribution in [2.75, 3.05) is 13.2 Å². The molecular formula is C11H13NO2S. The number of nitrogens with zero attached hydrogens (tertiary/aromatic N) is 1. The zero-order valence-corrected chi connectivity index (χ0v) is 9.38. The second-order valence-electron chi connectivity index (χ2n) is 3.35. The zero-order valence-electron chi connectivity index (χ0n) is 8.56. The summed E-state index contributed by atoms with van der Waals surface area (Å²) in [5.41, 5.74) is 2.25.